The highest BCUT2D eigenvalue weighted by Gasteiger charge is 2.27. The molecule has 0 aliphatic heterocycles. The van der Waals surface area contributed by atoms with E-state index in [1.807, 2.05) is 60.5 Å². The Hall–Kier alpha value is -4.38. The number of hydrogen-bond donors (Lipinski definition) is 1. The first-order chi connectivity index (χ1) is 17.9. The number of aryl methyl sites for hydroxylation is 4. The van der Waals surface area contributed by atoms with Crippen LogP contribution >= 0.6 is 0 Å². The van der Waals surface area contributed by atoms with E-state index in [-0.39, 0.29) is 0 Å². The smallest absolute Gasteiger partial charge is 0.227 e. The molecular formula is C26H29N11. The van der Waals surface area contributed by atoms with E-state index < -0.39 is 0 Å². The standard InChI is InChI=1S/C26H29N11/c1-34(2)9-10-37-16-20(14-30-37)31-26-28-11-17-5-8-22-23(24(17)32-26)25(36(4)33-22)18-6-7-21(27-12-18)19-13-29-35(3)15-19/h6-7,11-16H,5,8-10H2,1-4H3,(H,28,31,32). The van der Waals surface area contributed by atoms with Crippen LogP contribution in [0.25, 0.3) is 33.8 Å². The average Bonchev–Trinajstić information content (AvgIpc) is 3.61. The Bertz CT molecular complexity index is 1560. The van der Waals surface area contributed by atoms with Gasteiger partial charge >= 0.3 is 0 Å². The highest BCUT2D eigenvalue weighted by molar-refractivity contribution is 5.84. The summed E-state index contributed by atoms with van der Waals surface area (Å²) in [5, 5.41) is 16.9. The molecule has 37 heavy (non-hydrogen) atoms. The fourth-order valence-electron chi connectivity index (χ4n) is 4.69. The Morgan fingerprint density at radius 2 is 1.84 bits per heavy atom. The first-order valence-electron chi connectivity index (χ1n) is 12.3. The van der Waals surface area contributed by atoms with Gasteiger partial charge in [-0.15, -0.1) is 0 Å². The van der Waals surface area contributed by atoms with Crippen LogP contribution in [0, 0.1) is 0 Å². The van der Waals surface area contributed by atoms with Crippen LogP contribution in [0.15, 0.2) is 49.3 Å². The summed E-state index contributed by atoms with van der Waals surface area (Å²) in [5.41, 5.74) is 8.85. The zero-order valence-corrected chi connectivity index (χ0v) is 21.4. The van der Waals surface area contributed by atoms with E-state index in [2.05, 4.69) is 45.6 Å². The van der Waals surface area contributed by atoms with E-state index in [0.717, 1.165) is 76.6 Å². The summed E-state index contributed by atoms with van der Waals surface area (Å²) in [6, 6.07) is 4.11. The minimum Gasteiger partial charge on any atom is -0.321 e. The van der Waals surface area contributed by atoms with Gasteiger partial charge in [-0.2, -0.15) is 15.3 Å². The van der Waals surface area contributed by atoms with Crippen LogP contribution < -0.4 is 5.32 Å². The third-order valence-corrected chi connectivity index (χ3v) is 6.56. The predicted octanol–water partition coefficient (Wildman–Crippen LogP) is 2.94. The second-order valence-corrected chi connectivity index (χ2v) is 9.62. The molecule has 0 bridgehead atoms. The molecule has 0 radical (unpaired) electrons. The van der Waals surface area contributed by atoms with Crippen molar-refractivity contribution in [1.29, 1.82) is 0 Å². The van der Waals surface area contributed by atoms with Crippen LogP contribution in [0.2, 0.25) is 0 Å². The van der Waals surface area contributed by atoms with Gasteiger partial charge in [-0.05, 0) is 44.6 Å². The molecule has 0 amide bonds. The minimum absolute atomic E-state index is 0.540. The van der Waals surface area contributed by atoms with Crippen LogP contribution in [0.5, 0.6) is 0 Å². The molecule has 11 nitrogen and oxygen atoms in total. The quantitative estimate of drug-likeness (QED) is 0.367. The molecule has 0 unspecified atom stereocenters. The van der Waals surface area contributed by atoms with Crippen molar-refractivity contribution in [3.8, 4) is 33.8 Å². The maximum Gasteiger partial charge on any atom is 0.227 e. The van der Waals surface area contributed by atoms with Crippen LogP contribution in [-0.2, 0) is 33.5 Å². The van der Waals surface area contributed by atoms with Gasteiger partial charge in [-0.3, -0.25) is 19.0 Å². The number of nitrogens with one attached hydrogen (secondary N) is 1. The fraction of sp³-hybridized carbons (Fsp3) is 0.308. The largest absolute Gasteiger partial charge is 0.321 e. The van der Waals surface area contributed by atoms with Crippen LogP contribution in [0.3, 0.4) is 0 Å². The van der Waals surface area contributed by atoms with Crippen molar-refractivity contribution in [2.75, 3.05) is 26.0 Å². The average molecular weight is 496 g/mol. The number of fused-ring (bicyclic) bond motifs is 3. The molecule has 188 valence electrons. The van der Waals surface area contributed by atoms with Gasteiger partial charge in [0.25, 0.3) is 0 Å². The normalized spacial score (nSPS) is 12.6. The van der Waals surface area contributed by atoms with E-state index >= 15 is 0 Å². The zero-order valence-electron chi connectivity index (χ0n) is 21.4. The SMILES string of the molecule is CN(C)CCn1cc(Nc2ncc3c(n2)-c2c(nn(C)c2-c2ccc(-c4cnn(C)c4)nc2)CC3)cn1. The Morgan fingerprint density at radius 1 is 0.946 bits per heavy atom. The third-order valence-electron chi connectivity index (χ3n) is 6.56. The number of anilines is 2. The van der Waals surface area contributed by atoms with Gasteiger partial charge in [0.05, 0.1) is 47.4 Å². The lowest BCUT2D eigenvalue weighted by Crippen LogP contribution is -2.18. The first kappa shape index (κ1) is 23.0. The van der Waals surface area contributed by atoms with Gasteiger partial charge in [0.1, 0.15) is 0 Å². The Balaban J connectivity index is 1.32. The van der Waals surface area contributed by atoms with E-state index in [1.165, 1.54) is 0 Å². The van der Waals surface area contributed by atoms with Gasteiger partial charge in [0.2, 0.25) is 5.95 Å². The molecular weight excluding hydrogens is 466 g/mol. The monoisotopic (exact) mass is 495 g/mol. The Kier molecular flexibility index (Phi) is 5.76. The molecule has 0 aromatic carbocycles. The second kappa shape index (κ2) is 9.25. The number of nitrogens with zero attached hydrogens (tertiary/aromatic N) is 10. The molecule has 5 heterocycles. The van der Waals surface area contributed by atoms with Crippen molar-refractivity contribution in [2.24, 2.45) is 14.1 Å². The Morgan fingerprint density at radius 3 is 2.59 bits per heavy atom. The molecule has 0 saturated carbocycles. The summed E-state index contributed by atoms with van der Waals surface area (Å²) in [5.74, 6) is 0.540. The predicted molar refractivity (Wildman–Crippen MR) is 141 cm³/mol. The summed E-state index contributed by atoms with van der Waals surface area (Å²) < 4.78 is 5.63. The summed E-state index contributed by atoms with van der Waals surface area (Å²) in [7, 11) is 7.98. The van der Waals surface area contributed by atoms with E-state index in [0.29, 0.717) is 5.95 Å². The number of aromatic nitrogens is 9. The fourth-order valence-corrected chi connectivity index (χ4v) is 4.69. The van der Waals surface area contributed by atoms with Gasteiger partial charge in [0, 0.05) is 62.1 Å². The molecule has 0 fully saturated rings. The van der Waals surface area contributed by atoms with E-state index in [9.17, 15) is 0 Å². The summed E-state index contributed by atoms with van der Waals surface area (Å²) in [6.07, 6.45) is 13.1. The lowest BCUT2D eigenvalue weighted by molar-refractivity contribution is 0.373. The van der Waals surface area contributed by atoms with Gasteiger partial charge < -0.3 is 10.2 Å². The lowest BCUT2D eigenvalue weighted by atomic mass is 9.92. The zero-order chi connectivity index (χ0) is 25.5. The van der Waals surface area contributed by atoms with Gasteiger partial charge in [-0.1, -0.05) is 0 Å². The van der Waals surface area contributed by atoms with Gasteiger partial charge in [0.15, 0.2) is 0 Å². The van der Waals surface area contributed by atoms with E-state index in [1.54, 1.807) is 10.9 Å². The third kappa shape index (κ3) is 4.49. The van der Waals surface area contributed by atoms with Crippen LogP contribution in [0.1, 0.15) is 11.3 Å². The van der Waals surface area contributed by atoms with Crippen molar-refractivity contribution in [1.82, 2.24) is 49.2 Å². The number of rotatable bonds is 7. The summed E-state index contributed by atoms with van der Waals surface area (Å²) in [6.45, 7) is 1.73. The summed E-state index contributed by atoms with van der Waals surface area (Å²) in [4.78, 5) is 16.4. The van der Waals surface area contributed by atoms with Crippen molar-refractivity contribution in [3.63, 3.8) is 0 Å². The minimum atomic E-state index is 0.540. The molecule has 5 aromatic heterocycles. The maximum absolute atomic E-state index is 4.95. The molecule has 0 spiro atoms. The number of likely N-dealkylation sites (N-methyl/N-ethyl adjacent to an activating group) is 1. The number of pyridine rings is 1. The van der Waals surface area contributed by atoms with Gasteiger partial charge in [-0.25, -0.2) is 9.97 Å². The van der Waals surface area contributed by atoms with Crippen molar-refractivity contribution < 1.29 is 0 Å². The molecule has 11 heteroatoms. The van der Waals surface area contributed by atoms with Crippen LogP contribution in [-0.4, -0.2) is 69.8 Å². The molecule has 5 aromatic rings. The summed E-state index contributed by atoms with van der Waals surface area (Å²) >= 11 is 0. The molecule has 0 saturated heterocycles. The molecule has 0 atom stereocenters. The number of hydrogen-bond acceptors (Lipinski definition) is 8. The molecule has 1 aliphatic rings. The van der Waals surface area contributed by atoms with E-state index in [4.69, 9.17) is 15.1 Å². The lowest BCUT2D eigenvalue weighted by Gasteiger charge is -2.16. The Labute approximate surface area is 214 Å². The topological polar surface area (TPSA) is 107 Å². The highest BCUT2D eigenvalue weighted by Crippen LogP contribution is 2.39. The van der Waals surface area contributed by atoms with Crippen LogP contribution in [0.4, 0.5) is 11.6 Å². The first-order valence-corrected chi connectivity index (χ1v) is 12.3. The molecule has 1 N–H and O–H groups in total. The highest BCUT2D eigenvalue weighted by atomic mass is 15.3. The van der Waals surface area contributed by atoms with Crippen molar-refractivity contribution in [2.45, 2.75) is 19.4 Å². The van der Waals surface area contributed by atoms with Crippen molar-refractivity contribution in [3.05, 3.63) is 60.6 Å². The molecule has 6 rings (SSSR count). The second-order valence-electron chi connectivity index (χ2n) is 9.62. The molecule has 1 aliphatic carbocycles. The maximum atomic E-state index is 4.95. The van der Waals surface area contributed by atoms with Crippen molar-refractivity contribution >= 4 is 11.6 Å².